The molecule has 3 aromatic heterocycles. The Morgan fingerprint density at radius 1 is 1.17 bits per heavy atom. The van der Waals surface area contributed by atoms with Crippen molar-refractivity contribution in [1.29, 1.82) is 0 Å². The first-order valence-corrected chi connectivity index (χ1v) is 9.43. The molecule has 0 saturated heterocycles. The fraction of sp³-hybridized carbons (Fsp3) is 0.227. The molecule has 4 heterocycles. The molecule has 29 heavy (non-hydrogen) atoms. The Bertz CT molecular complexity index is 1160. The molecule has 0 bridgehead atoms. The second kappa shape index (κ2) is 7.09. The Labute approximate surface area is 167 Å². The Morgan fingerprint density at radius 3 is 2.93 bits per heavy atom. The molecular weight excluding hydrogens is 368 g/mol. The maximum absolute atomic E-state index is 5.88. The summed E-state index contributed by atoms with van der Waals surface area (Å²) in [6.45, 7) is 3.09. The molecule has 1 aromatic carbocycles. The molecule has 4 aromatic rings. The molecule has 7 heteroatoms. The van der Waals surface area contributed by atoms with Crippen molar-refractivity contribution in [1.82, 2.24) is 19.5 Å². The number of methoxy groups -OCH3 is 1. The number of nitrogens with zero attached hydrogens (tertiary/aromatic N) is 4. The zero-order valence-corrected chi connectivity index (χ0v) is 16.2. The summed E-state index contributed by atoms with van der Waals surface area (Å²) in [5, 5.41) is 0. The molecule has 0 spiro atoms. The smallest absolute Gasteiger partial charge is 0.203 e. The lowest BCUT2D eigenvalue weighted by Crippen LogP contribution is -2.26. The minimum absolute atomic E-state index is 0.00180. The third-order valence-electron chi connectivity index (χ3n) is 4.90. The Balaban J connectivity index is 1.48. The highest BCUT2D eigenvalue weighted by Crippen LogP contribution is 2.41. The van der Waals surface area contributed by atoms with E-state index >= 15 is 0 Å². The third kappa shape index (κ3) is 3.24. The van der Waals surface area contributed by atoms with Crippen molar-refractivity contribution in [3.05, 3.63) is 60.8 Å². The summed E-state index contributed by atoms with van der Waals surface area (Å²) in [5.41, 5.74) is 4.69. The number of benzene rings is 1. The number of hydrogen-bond acceptors (Lipinski definition) is 6. The molecule has 1 aliphatic rings. The Hall–Kier alpha value is -3.61. The summed E-state index contributed by atoms with van der Waals surface area (Å²) >= 11 is 0. The lowest BCUT2D eigenvalue weighted by Gasteiger charge is -2.26. The van der Waals surface area contributed by atoms with Crippen LogP contribution >= 0.6 is 0 Å². The largest absolute Gasteiger partial charge is 0.493 e. The van der Waals surface area contributed by atoms with Gasteiger partial charge in [-0.25, -0.2) is 9.97 Å². The van der Waals surface area contributed by atoms with Gasteiger partial charge in [0.05, 0.1) is 20.0 Å². The van der Waals surface area contributed by atoms with Crippen LogP contribution in [0.2, 0.25) is 0 Å². The number of imidazole rings is 1. The number of fused-ring (bicyclic) bond motifs is 2. The predicted molar refractivity (Wildman–Crippen MR) is 108 cm³/mol. The molecule has 0 fully saturated rings. The average Bonchev–Trinajstić information content (AvgIpc) is 3.16. The van der Waals surface area contributed by atoms with E-state index in [2.05, 4.69) is 15.0 Å². The number of pyridine rings is 2. The Morgan fingerprint density at radius 2 is 2.10 bits per heavy atom. The van der Waals surface area contributed by atoms with Gasteiger partial charge < -0.3 is 18.8 Å². The fourth-order valence-corrected chi connectivity index (χ4v) is 3.49. The van der Waals surface area contributed by atoms with Gasteiger partial charge >= 0.3 is 0 Å². The van der Waals surface area contributed by atoms with Crippen molar-refractivity contribution in [2.24, 2.45) is 0 Å². The minimum atomic E-state index is -0.00180. The highest BCUT2D eigenvalue weighted by Gasteiger charge is 2.22. The van der Waals surface area contributed by atoms with Gasteiger partial charge in [0, 0.05) is 29.7 Å². The van der Waals surface area contributed by atoms with Crippen molar-refractivity contribution in [3.63, 3.8) is 0 Å². The molecular formula is C22H20N4O3. The molecule has 0 aliphatic carbocycles. The van der Waals surface area contributed by atoms with E-state index < -0.39 is 0 Å². The van der Waals surface area contributed by atoms with E-state index in [0.29, 0.717) is 30.4 Å². The van der Waals surface area contributed by atoms with Crippen molar-refractivity contribution >= 4 is 11.2 Å². The standard InChI is InChI=1S/C22H20N4O3/c1-14-12-28-20-7-15(6-19(27-2)21(20)29-14)11-26-13-25-18-8-17(10-24-22(18)26)16-4-3-5-23-9-16/h3-10,13-14H,11-12H2,1-2H3. The fourth-order valence-electron chi connectivity index (χ4n) is 3.49. The normalized spacial score (nSPS) is 15.4. The van der Waals surface area contributed by atoms with Crippen molar-refractivity contribution in [2.75, 3.05) is 13.7 Å². The van der Waals surface area contributed by atoms with Gasteiger partial charge in [-0.05, 0) is 36.8 Å². The maximum atomic E-state index is 5.88. The first kappa shape index (κ1) is 17.5. The second-order valence-corrected chi connectivity index (χ2v) is 7.05. The quantitative estimate of drug-likeness (QED) is 0.531. The lowest BCUT2D eigenvalue weighted by atomic mass is 10.1. The van der Waals surface area contributed by atoms with Crippen LogP contribution in [0.3, 0.4) is 0 Å². The summed E-state index contributed by atoms with van der Waals surface area (Å²) in [4.78, 5) is 13.3. The SMILES string of the molecule is COc1cc(Cn2cnc3cc(-c4cccnc4)cnc32)cc2c1OC(C)CO2. The van der Waals surface area contributed by atoms with Crippen molar-refractivity contribution in [3.8, 4) is 28.4 Å². The van der Waals surface area contributed by atoms with E-state index in [1.54, 1.807) is 19.6 Å². The molecule has 5 rings (SSSR count). The molecule has 146 valence electrons. The monoisotopic (exact) mass is 388 g/mol. The molecule has 0 amide bonds. The van der Waals surface area contributed by atoms with Crippen LogP contribution in [0.1, 0.15) is 12.5 Å². The summed E-state index contributed by atoms with van der Waals surface area (Å²) < 4.78 is 19.3. The van der Waals surface area contributed by atoms with Gasteiger partial charge in [-0.2, -0.15) is 0 Å². The van der Waals surface area contributed by atoms with E-state index in [9.17, 15) is 0 Å². The zero-order chi connectivity index (χ0) is 19.8. The second-order valence-electron chi connectivity index (χ2n) is 7.05. The summed E-state index contributed by atoms with van der Waals surface area (Å²) in [5.74, 6) is 2.03. The van der Waals surface area contributed by atoms with Crippen LogP contribution in [0, 0.1) is 0 Å². The lowest BCUT2D eigenvalue weighted by molar-refractivity contribution is 0.0995. The predicted octanol–water partition coefficient (Wildman–Crippen LogP) is 3.71. The van der Waals surface area contributed by atoms with Crippen LogP contribution in [0.5, 0.6) is 17.2 Å². The number of hydrogen-bond donors (Lipinski definition) is 0. The van der Waals surface area contributed by atoms with Crippen LogP contribution in [-0.4, -0.2) is 39.3 Å². The molecule has 7 nitrogen and oxygen atoms in total. The maximum Gasteiger partial charge on any atom is 0.203 e. The highest BCUT2D eigenvalue weighted by atomic mass is 16.6. The summed E-state index contributed by atoms with van der Waals surface area (Å²) in [6.07, 6.45) is 7.23. The van der Waals surface area contributed by atoms with E-state index in [4.69, 9.17) is 14.2 Å². The highest BCUT2D eigenvalue weighted by molar-refractivity contribution is 5.78. The van der Waals surface area contributed by atoms with E-state index in [0.717, 1.165) is 27.9 Å². The number of ether oxygens (including phenoxy) is 3. The molecule has 0 N–H and O–H groups in total. The minimum Gasteiger partial charge on any atom is -0.493 e. The number of aromatic nitrogens is 4. The first-order valence-electron chi connectivity index (χ1n) is 9.43. The zero-order valence-electron chi connectivity index (χ0n) is 16.2. The van der Waals surface area contributed by atoms with Gasteiger partial charge in [0.25, 0.3) is 0 Å². The van der Waals surface area contributed by atoms with Gasteiger partial charge in [-0.15, -0.1) is 0 Å². The number of rotatable bonds is 4. The molecule has 0 radical (unpaired) electrons. The molecule has 1 atom stereocenters. The molecule has 1 aliphatic heterocycles. The van der Waals surface area contributed by atoms with Crippen molar-refractivity contribution < 1.29 is 14.2 Å². The van der Waals surface area contributed by atoms with Crippen LogP contribution in [0.25, 0.3) is 22.3 Å². The van der Waals surface area contributed by atoms with Gasteiger partial charge in [0.2, 0.25) is 5.75 Å². The van der Waals surface area contributed by atoms with E-state index in [1.165, 1.54) is 0 Å². The van der Waals surface area contributed by atoms with Crippen LogP contribution in [0.4, 0.5) is 0 Å². The van der Waals surface area contributed by atoms with Gasteiger partial charge in [0.15, 0.2) is 17.1 Å². The third-order valence-corrected chi connectivity index (χ3v) is 4.90. The summed E-state index contributed by atoms with van der Waals surface area (Å²) in [7, 11) is 1.64. The summed E-state index contributed by atoms with van der Waals surface area (Å²) in [6, 6.07) is 9.90. The van der Waals surface area contributed by atoms with E-state index in [-0.39, 0.29) is 6.10 Å². The van der Waals surface area contributed by atoms with E-state index in [1.807, 2.05) is 54.2 Å². The van der Waals surface area contributed by atoms with Crippen molar-refractivity contribution in [2.45, 2.75) is 19.6 Å². The van der Waals surface area contributed by atoms with Crippen LogP contribution < -0.4 is 14.2 Å². The van der Waals surface area contributed by atoms with Gasteiger partial charge in [-0.1, -0.05) is 6.07 Å². The van der Waals surface area contributed by atoms with Crippen LogP contribution in [0.15, 0.2) is 55.2 Å². The Kier molecular flexibility index (Phi) is 4.27. The van der Waals surface area contributed by atoms with Gasteiger partial charge in [0.1, 0.15) is 18.2 Å². The van der Waals surface area contributed by atoms with Crippen LogP contribution in [-0.2, 0) is 6.54 Å². The topological polar surface area (TPSA) is 71.3 Å². The first-order chi connectivity index (χ1) is 14.2. The average molecular weight is 388 g/mol. The molecule has 1 unspecified atom stereocenters. The van der Waals surface area contributed by atoms with Gasteiger partial charge in [-0.3, -0.25) is 4.98 Å². The molecule has 0 saturated carbocycles.